The molecule has 0 atom stereocenters. The normalized spacial score (nSPS) is 15.0. The van der Waals surface area contributed by atoms with Crippen LogP contribution in [0.5, 0.6) is 0 Å². The Morgan fingerprint density at radius 2 is 1.83 bits per heavy atom. The number of halogens is 1. The van der Waals surface area contributed by atoms with Crippen LogP contribution in [0.3, 0.4) is 0 Å². The Balaban J connectivity index is 1.50. The van der Waals surface area contributed by atoms with Crippen LogP contribution in [0, 0.1) is 0 Å². The monoisotopic (exact) mass is 379 g/mol. The summed E-state index contributed by atoms with van der Waals surface area (Å²) in [6.45, 7) is 1.49. The van der Waals surface area contributed by atoms with Gasteiger partial charge in [0.2, 0.25) is 5.78 Å². The van der Waals surface area contributed by atoms with Gasteiger partial charge in [-0.1, -0.05) is 28.1 Å². The zero-order valence-corrected chi connectivity index (χ0v) is 14.6. The van der Waals surface area contributed by atoms with E-state index in [1.54, 1.807) is 0 Å². The maximum Gasteiger partial charge on any atom is 0.207 e. The minimum atomic E-state index is 0.131. The predicted molar refractivity (Wildman–Crippen MR) is 96.6 cm³/mol. The van der Waals surface area contributed by atoms with Crippen molar-refractivity contribution >= 4 is 27.8 Å². The van der Waals surface area contributed by atoms with Crippen LogP contribution in [0.15, 0.2) is 77.2 Å². The van der Waals surface area contributed by atoms with E-state index in [0.717, 1.165) is 27.8 Å². The number of Topliss-reactive ketones (excluding diaryl/α,β-unsaturated/α-hetero) is 1. The van der Waals surface area contributed by atoms with Gasteiger partial charge in [-0.15, -0.1) is 0 Å². The van der Waals surface area contributed by atoms with E-state index in [9.17, 15) is 4.79 Å². The van der Waals surface area contributed by atoms with Gasteiger partial charge in [0.25, 0.3) is 0 Å². The van der Waals surface area contributed by atoms with Gasteiger partial charge >= 0.3 is 0 Å². The summed E-state index contributed by atoms with van der Waals surface area (Å²) in [5.41, 5.74) is 3.93. The third kappa shape index (κ3) is 2.97. The van der Waals surface area contributed by atoms with Crippen molar-refractivity contribution in [1.82, 2.24) is 4.57 Å². The number of fused-ring (bicyclic) bond motifs is 1. The molecule has 0 fully saturated rings. The molecule has 0 radical (unpaired) electrons. The first-order valence-electron chi connectivity index (χ1n) is 7.83. The van der Waals surface area contributed by atoms with E-state index in [4.69, 9.17) is 0 Å². The van der Waals surface area contributed by atoms with E-state index >= 15 is 0 Å². The quantitative estimate of drug-likeness (QED) is 0.501. The predicted octanol–water partition coefficient (Wildman–Crippen LogP) is 3.87. The van der Waals surface area contributed by atoms with Crippen LogP contribution < -0.4 is 4.57 Å². The van der Waals surface area contributed by atoms with E-state index < -0.39 is 0 Å². The lowest BCUT2D eigenvalue weighted by molar-refractivity contribution is -0.688. The molecule has 3 nitrogen and oxygen atoms in total. The molecule has 0 spiro atoms. The number of carbonyl (C=O) groups is 1. The molecule has 1 aliphatic heterocycles. The summed E-state index contributed by atoms with van der Waals surface area (Å²) in [4.78, 5) is 12.3. The van der Waals surface area contributed by atoms with Gasteiger partial charge in [0.05, 0.1) is 12.2 Å². The molecule has 0 bridgehead atoms. The molecule has 2 aromatic heterocycles. The second-order valence-electron chi connectivity index (χ2n) is 5.95. The van der Waals surface area contributed by atoms with Crippen molar-refractivity contribution in [3.63, 3.8) is 0 Å². The first-order chi connectivity index (χ1) is 11.7. The van der Waals surface area contributed by atoms with Crippen molar-refractivity contribution in [2.45, 2.75) is 13.1 Å². The van der Waals surface area contributed by atoms with E-state index in [2.05, 4.69) is 44.8 Å². The molecule has 0 N–H and O–H groups in total. The average Bonchev–Trinajstić information content (AvgIpc) is 3.15. The number of rotatable bonds is 3. The van der Waals surface area contributed by atoms with Gasteiger partial charge in [-0.3, -0.25) is 4.79 Å². The molecule has 3 heterocycles. The number of benzene rings is 1. The van der Waals surface area contributed by atoms with E-state index in [0.29, 0.717) is 6.54 Å². The third-order valence-electron chi connectivity index (χ3n) is 4.23. The number of carbonyl (C=O) groups excluding carboxylic acids is 1. The van der Waals surface area contributed by atoms with Gasteiger partial charge in [-0.25, -0.2) is 4.57 Å². The van der Waals surface area contributed by atoms with Gasteiger partial charge in [-0.2, -0.15) is 0 Å². The zero-order valence-electron chi connectivity index (χ0n) is 13.0. The summed E-state index contributed by atoms with van der Waals surface area (Å²) in [5, 5.41) is 0. The lowest BCUT2D eigenvalue weighted by Gasteiger charge is -2.00. The smallest absolute Gasteiger partial charge is 0.207 e. The highest BCUT2D eigenvalue weighted by molar-refractivity contribution is 9.10. The first-order valence-corrected chi connectivity index (χ1v) is 8.62. The van der Waals surface area contributed by atoms with Crippen molar-refractivity contribution in [1.29, 1.82) is 0 Å². The summed E-state index contributed by atoms with van der Waals surface area (Å²) >= 11 is 3.45. The number of hydrogen-bond acceptors (Lipinski definition) is 1. The third-order valence-corrected chi connectivity index (χ3v) is 4.76. The number of aromatic nitrogens is 2. The van der Waals surface area contributed by atoms with Crippen molar-refractivity contribution < 1.29 is 9.36 Å². The van der Waals surface area contributed by atoms with Gasteiger partial charge in [-0.05, 0) is 35.9 Å². The molecule has 4 heteroatoms. The van der Waals surface area contributed by atoms with Gasteiger partial charge < -0.3 is 4.57 Å². The molecule has 118 valence electrons. The number of allylic oxidation sites excluding steroid dienone is 1. The summed E-state index contributed by atoms with van der Waals surface area (Å²) < 4.78 is 5.21. The highest BCUT2D eigenvalue weighted by Gasteiger charge is 2.23. The van der Waals surface area contributed by atoms with E-state index in [1.807, 2.05) is 53.5 Å². The second-order valence-corrected chi connectivity index (χ2v) is 6.87. The Hall–Kier alpha value is -2.46. The Bertz CT molecular complexity index is 921. The van der Waals surface area contributed by atoms with Gasteiger partial charge in [0, 0.05) is 33.9 Å². The lowest BCUT2D eigenvalue weighted by Crippen LogP contribution is -2.33. The fourth-order valence-corrected chi connectivity index (χ4v) is 3.23. The maximum atomic E-state index is 12.3. The molecule has 0 unspecified atom stereocenters. The summed E-state index contributed by atoms with van der Waals surface area (Å²) in [5.74, 6) is 0.131. The Kier molecular flexibility index (Phi) is 3.90. The highest BCUT2D eigenvalue weighted by atomic mass is 79.9. The van der Waals surface area contributed by atoms with Crippen LogP contribution in [0.1, 0.15) is 21.6 Å². The molecule has 0 saturated heterocycles. The first kappa shape index (κ1) is 15.1. The molecule has 1 aliphatic rings. The van der Waals surface area contributed by atoms with Gasteiger partial charge in [0.15, 0.2) is 18.9 Å². The van der Waals surface area contributed by atoms with E-state index in [1.165, 1.54) is 5.56 Å². The number of hydrogen-bond donors (Lipinski definition) is 0. The van der Waals surface area contributed by atoms with E-state index in [-0.39, 0.29) is 5.78 Å². The van der Waals surface area contributed by atoms with Crippen LogP contribution in [-0.2, 0) is 13.1 Å². The molecule has 1 aromatic carbocycles. The Labute approximate surface area is 149 Å². The van der Waals surface area contributed by atoms with Gasteiger partial charge in [0.1, 0.15) is 0 Å². The number of nitrogens with zero attached hydrogens (tertiary/aromatic N) is 2. The summed E-state index contributed by atoms with van der Waals surface area (Å²) in [6.07, 6.45) is 8.03. The van der Waals surface area contributed by atoms with Crippen molar-refractivity contribution in [2.75, 3.05) is 0 Å². The van der Waals surface area contributed by atoms with Crippen molar-refractivity contribution in [3.05, 3.63) is 94.0 Å². The minimum absolute atomic E-state index is 0.131. The molecule has 24 heavy (non-hydrogen) atoms. The summed E-state index contributed by atoms with van der Waals surface area (Å²) in [7, 11) is 0. The van der Waals surface area contributed by atoms with Crippen LogP contribution in [0.2, 0.25) is 0 Å². The van der Waals surface area contributed by atoms with Crippen LogP contribution >= 0.6 is 15.9 Å². The zero-order chi connectivity index (χ0) is 16.5. The number of pyridine rings is 1. The molecule has 4 rings (SSSR count). The molecular weight excluding hydrogens is 364 g/mol. The fourth-order valence-electron chi connectivity index (χ4n) is 2.96. The van der Waals surface area contributed by atoms with Crippen LogP contribution in [0.25, 0.3) is 6.08 Å². The van der Waals surface area contributed by atoms with Crippen LogP contribution in [-0.4, -0.2) is 10.4 Å². The lowest BCUT2D eigenvalue weighted by atomic mass is 10.1. The standard InChI is InChI=1S/C20H16BrN2O/c21-18-5-3-16(4-6-18)13-22-10-7-15(8-11-22)12-17-14-23-9-1-2-19(23)20(17)24/h1-12H,13-14H2/q+1. The largest absolute Gasteiger partial charge is 0.340 e. The molecule has 3 aromatic rings. The fraction of sp³-hybridized carbons (Fsp3) is 0.100. The highest BCUT2D eigenvalue weighted by Crippen LogP contribution is 2.22. The van der Waals surface area contributed by atoms with Crippen LogP contribution in [0.4, 0.5) is 0 Å². The average molecular weight is 380 g/mol. The summed E-state index contributed by atoms with van der Waals surface area (Å²) in [6, 6.07) is 16.2. The molecule has 0 aliphatic carbocycles. The second kappa shape index (κ2) is 6.21. The Morgan fingerprint density at radius 3 is 2.54 bits per heavy atom. The maximum absolute atomic E-state index is 12.3. The molecule has 0 saturated carbocycles. The minimum Gasteiger partial charge on any atom is -0.340 e. The topological polar surface area (TPSA) is 25.9 Å². The molecule has 0 amide bonds. The van der Waals surface area contributed by atoms with Crippen molar-refractivity contribution in [3.8, 4) is 0 Å². The SMILES string of the molecule is O=C1C(=Cc2cc[n+](Cc3ccc(Br)cc3)cc2)Cn2cccc21. The van der Waals surface area contributed by atoms with Crippen molar-refractivity contribution in [2.24, 2.45) is 0 Å². The number of ketones is 1. The molecular formula is C20H16BrN2O+. The Morgan fingerprint density at radius 1 is 1.08 bits per heavy atom.